The monoisotopic (exact) mass is 223 g/mol. The van der Waals surface area contributed by atoms with Crippen LogP contribution in [0, 0.1) is 0 Å². The Kier molecular flexibility index (Phi) is 4.79. The summed E-state index contributed by atoms with van der Waals surface area (Å²) < 4.78 is 4.58. The molecule has 0 heterocycles. The number of hydrogen-bond acceptors (Lipinski definition) is 4. The van der Waals surface area contributed by atoms with Gasteiger partial charge >= 0.3 is 5.97 Å². The second kappa shape index (κ2) is 6.12. The maximum atomic E-state index is 11.3. The van der Waals surface area contributed by atoms with Crippen molar-refractivity contribution < 1.29 is 14.6 Å². The molecule has 0 aromatic heterocycles. The van der Waals surface area contributed by atoms with Gasteiger partial charge in [-0.2, -0.15) is 0 Å². The van der Waals surface area contributed by atoms with E-state index in [1.165, 1.54) is 13.2 Å². The first kappa shape index (κ1) is 12.5. The lowest BCUT2D eigenvalue weighted by Gasteiger charge is -2.06. The van der Waals surface area contributed by atoms with E-state index in [4.69, 9.17) is 5.73 Å². The average Bonchev–Trinajstić information content (AvgIpc) is 2.30. The topological polar surface area (TPSA) is 72.5 Å². The number of aryl methyl sites for hydroxylation is 1. The molecular formula is C12H17NO3. The molecule has 0 amide bonds. The lowest BCUT2D eigenvalue weighted by atomic mass is 10.0. The van der Waals surface area contributed by atoms with Crippen LogP contribution in [-0.2, 0) is 11.2 Å². The van der Waals surface area contributed by atoms with Crippen molar-refractivity contribution in [1.29, 1.82) is 0 Å². The molecule has 1 aromatic rings. The zero-order valence-corrected chi connectivity index (χ0v) is 9.40. The van der Waals surface area contributed by atoms with Gasteiger partial charge in [0.25, 0.3) is 0 Å². The van der Waals surface area contributed by atoms with Gasteiger partial charge in [-0.25, -0.2) is 4.79 Å². The maximum Gasteiger partial charge on any atom is 0.341 e. The Labute approximate surface area is 95.0 Å². The summed E-state index contributed by atoms with van der Waals surface area (Å²) in [7, 11) is 1.29. The second-order valence-electron chi connectivity index (χ2n) is 3.59. The first-order chi connectivity index (χ1) is 7.69. The Morgan fingerprint density at radius 2 is 2.19 bits per heavy atom. The Bertz CT molecular complexity index is 363. The third kappa shape index (κ3) is 3.24. The number of carbonyl (C=O) groups excluding carboxylic acids is 1. The fourth-order valence-corrected chi connectivity index (χ4v) is 1.49. The van der Waals surface area contributed by atoms with Crippen LogP contribution < -0.4 is 5.73 Å². The van der Waals surface area contributed by atoms with Crippen molar-refractivity contribution in [2.45, 2.75) is 19.3 Å². The number of phenols is 1. The van der Waals surface area contributed by atoms with E-state index < -0.39 is 5.97 Å². The van der Waals surface area contributed by atoms with Gasteiger partial charge in [0.05, 0.1) is 7.11 Å². The smallest absolute Gasteiger partial charge is 0.341 e. The number of carbonyl (C=O) groups is 1. The number of aromatic hydroxyl groups is 1. The van der Waals surface area contributed by atoms with E-state index in [-0.39, 0.29) is 11.3 Å². The van der Waals surface area contributed by atoms with Gasteiger partial charge in [-0.3, -0.25) is 0 Å². The zero-order chi connectivity index (χ0) is 12.0. The Hall–Kier alpha value is -1.55. The molecule has 0 aliphatic carbocycles. The average molecular weight is 223 g/mol. The number of benzene rings is 1. The van der Waals surface area contributed by atoms with E-state index in [2.05, 4.69) is 4.74 Å². The van der Waals surface area contributed by atoms with Gasteiger partial charge in [0.2, 0.25) is 0 Å². The van der Waals surface area contributed by atoms with Crippen molar-refractivity contribution in [1.82, 2.24) is 0 Å². The van der Waals surface area contributed by atoms with Crippen LogP contribution in [0.25, 0.3) is 0 Å². The third-order valence-corrected chi connectivity index (χ3v) is 2.39. The van der Waals surface area contributed by atoms with Crippen LogP contribution in [0.5, 0.6) is 5.75 Å². The van der Waals surface area contributed by atoms with Crippen molar-refractivity contribution in [3.63, 3.8) is 0 Å². The van der Waals surface area contributed by atoms with Gasteiger partial charge in [0.15, 0.2) is 0 Å². The highest BCUT2D eigenvalue weighted by molar-refractivity contribution is 5.92. The van der Waals surface area contributed by atoms with Crippen molar-refractivity contribution in [2.24, 2.45) is 5.73 Å². The molecule has 0 aliphatic heterocycles. The molecule has 0 bridgehead atoms. The number of phenolic OH excluding ortho intramolecular Hbond substituents is 1. The summed E-state index contributed by atoms with van der Waals surface area (Å²) in [5.41, 5.74) is 6.62. The van der Waals surface area contributed by atoms with E-state index in [9.17, 15) is 9.90 Å². The molecular weight excluding hydrogens is 206 g/mol. The molecule has 3 N–H and O–H groups in total. The largest absolute Gasteiger partial charge is 0.507 e. The normalized spacial score (nSPS) is 10.1. The SMILES string of the molecule is COC(=O)c1cc(CCCCN)ccc1O. The first-order valence-corrected chi connectivity index (χ1v) is 5.29. The van der Waals surface area contributed by atoms with E-state index in [1.54, 1.807) is 12.1 Å². The summed E-state index contributed by atoms with van der Waals surface area (Å²) in [4.78, 5) is 11.3. The fraction of sp³-hybridized carbons (Fsp3) is 0.417. The highest BCUT2D eigenvalue weighted by Gasteiger charge is 2.11. The molecule has 0 saturated carbocycles. The molecule has 1 aromatic carbocycles. The molecule has 4 heteroatoms. The minimum Gasteiger partial charge on any atom is -0.507 e. The molecule has 16 heavy (non-hydrogen) atoms. The highest BCUT2D eigenvalue weighted by Crippen LogP contribution is 2.20. The number of unbranched alkanes of at least 4 members (excludes halogenated alkanes) is 1. The molecule has 0 fully saturated rings. The molecule has 0 atom stereocenters. The van der Waals surface area contributed by atoms with Crippen molar-refractivity contribution >= 4 is 5.97 Å². The summed E-state index contributed by atoms with van der Waals surface area (Å²) in [5.74, 6) is -0.562. The molecule has 0 unspecified atom stereocenters. The lowest BCUT2D eigenvalue weighted by molar-refractivity contribution is 0.0597. The summed E-state index contributed by atoms with van der Waals surface area (Å²) in [5, 5.41) is 9.49. The molecule has 88 valence electrons. The van der Waals surface area contributed by atoms with E-state index in [1.807, 2.05) is 0 Å². The maximum absolute atomic E-state index is 11.3. The van der Waals surface area contributed by atoms with Crippen LogP contribution in [0.1, 0.15) is 28.8 Å². The van der Waals surface area contributed by atoms with Crippen LogP contribution in [-0.4, -0.2) is 24.7 Å². The van der Waals surface area contributed by atoms with Gasteiger partial charge in [-0.15, -0.1) is 0 Å². The van der Waals surface area contributed by atoms with Gasteiger partial charge < -0.3 is 15.6 Å². The van der Waals surface area contributed by atoms with E-state index in [0.29, 0.717) is 6.54 Å². The third-order valence-electron chi connectivity index (χ3n) is 2.39. The quantitative estimate of drug-likeness (QED) is 0.585. The fourth-order valence-electron chi connectivity index (χ4n) is 1.49. The molecule has 0 saturated heterocycles. The lowest BCUT2D eigenvalue weighted by Crippen LogP contribution is -2.03. The van der Waals surface area contributed by atoms with E-state index >= 15 is 0 Å². The molecule has 1 rings (SSSR count). The standard InChI is InChI=1S/C12H17NO3/c1-16-12(15)10-8-9(4-2-3-7-13)5-6-11(10)14/h5-6,8,14H,2-4,7,13H2,1H3. The van der Waals surface area contributed by atoms with Crippen LogP contribution in [0.3, 0.4) is 0 Å². The van der Waals surface area contributed by atoms with Crippen molar-refractivity contribution in [3.8, 4) is 5.75 Å². The van der Waals surface area contributed by atoms with Gasteiger partial charge in [-0.05, 0) is 43.5 Å². The van der Waals surface area contributed by atoms with Crippen LogP contribution in [0.2, 0.25) is 0 Å². The van der Waals surface area contributed by atoms with Crippen molar-refractivity contribution in [2.75, 3.05) is 13.7 Å². The zero-order valence-electron chi connectivity index (χ0n) is 9.40. The highest BCUT2D eigenvalue weighted by atomic mass is 16.5. The van der Waals surface area contributed by atoms with Gasteiger partial charge in [-0.1, -0.05) is 6.07 Å². The van der Waals surface area contributed by atoms with Gasteiger partial charge in [0.1, 0.15) is 11.3 Å². The number of nitrogens with two attached hydrogens (primary N) is 1. The molecule has 0 aliphatic rings. The molecule has 0 spiro atoms. The summed E-state index contributed by atoms with van der Waals surface area (Å²) in [6.45, 7) is 0.669. The Balaban J connectivity index is 2.77. The van der Waals surface area contributed by atoms with Crippen LogP contribution >= 0.6 is 0 Å². The minimum atomic E-state index is -0.516. The summed E-state index contributed by atoms with van der Waals surface area (Å²) in [6, 6.07) is 4.99. The second-order valence-corrected chi connectivity index (χ2v) is 3.59. The molecule has 4 nitrogen and oxygen atoms in total. The predicted molar refractivity (Wildman–Crippen MR) is 61.4 cm³/mol. The predicted octanol–water partition coefficient (Wildman–Crippen LogP) is 1.46. The summed E-state index contributed by atoms with van der Waals surface area (Å²) in [6.07, 6.45) is 2.78. The van der Waals surface area contributed by atoms with Crippen LogP contribution in [0.15, 0.2) is 18.2 Å². The molecule has 0 radical (unpaired) electrons. The van der Waals surface area contributed by atoms with Crippen LogP contribution in [0.4, 0.5) is 0 Å². The first-order valence-electron chi connectivity index (χ1n) is 5.29. The minimum absolute atomic E-state index is 0.0468. The Morgan fingerprint density at radius 3 is 2.81 bits per heavy atom. The number of esters is 1. The van der Waals surface area contributed by atoms with E-state index in [0.717, 1.165) is 24.8 Å². The number of hydrogen-bond donors (Lipinski definition) is 2. The number of ether oxygens (including phenoxy) is 1. The number of rotatable bonds is 5. The Morgan fingerprint density at radius 1 is 1.44 bits per heavy atom. The summed E-state index contributed by atoms with van der Waals surface area (Å²) >= 11 is 0. The number of methoxy groups -OCH3 is 1. The van der Waals surface area contributed by atoms with Gasteiger partial charge in [0, 0.05) is 0 Å². The van der Waals surface area contributed by atoms with Crippen molar-refractivity contribution in [3.05, 3.63) is 29.3 Å².